The van der Waals surface area contributed by atoms with E-state index in [1.807, 2.05) is 24.4 Å². The van der Waals surface area contributed by atoms with E-state index in [9.17, 15) is 9.59 Å². The number of nitrogens with one attached hydrogen (secondary N) is 1. The monoisotopic (exact) mass is 302 g/mol. The number of rotatable bonds is 5. The molecule has 0 saturated heterocycles. The summed E-state index contributed by atoms with van der Waals surface area (Å²) in [5, 5.41) is 13.4. The van der Waals surface area contributed by atoms with Crippen LogP contribution in [0.1, 0.15) is 33.9 Å². The molecule has 0 spiro atoms. The fraction of sp³-hybridized carbons (Fsp3) is 0.133. The molecule has 0 fully saturated rings. The van der Waals surface area contributed by atoms with Crippen LogP contribution in [0.25, 0.3) is 6.08 Å². The number of hydrogen-bond donors (Lipinski definition) is 2. The number of carboxylic acid groups (broad SMARTS) is 1. The molecule has 108 valence electrons. The lowest BCUT2D eigenvalue weighted by Crippen LogP contribution is -2.26. The highest BCUT2D eigenvalue weighted by Gasteiger charge is 2.12. The molecule has 0 aliphatic carbocycles. The van der Waals surface area contributed by atoms with Crippen LogP contribution in [0.3, 0.4) is 0 Å². The van der Waals surface area contributed by atoms with Crippen LogP contribution < -0.4 is 5.32 Å². The van der Waals surface area contributed by atoms with E-state index in [1.165, 1.54) is 12.3 Å². The number of thiophene rings is 1. The Morgan fingerprint density at radius 3 is 2.76 bits per heavy atom. The summed E-state index contributed by atoms with van der Waals surface area (Å²) in [5.41, 5.74) is 0.922. The van der Waals surface area contributed by atoms with Gasteiger partial charge in [0.2, 0.25) is 0 Å². The van der Waals surface area contributed by atoms with Crippen molar-refractivity contribution in [2.45, 2.75) is 13.0 Å². The molecule has 21 heavy (non-hydrogen) atoms. The summed E-state index contributed by atoms with van der Waals surface area (Å²) < 4.78 is 0. The molecule has 0 aromatic carbocycles. The van der Waals surface area contributed by atoms with E-state index < -0.39 is 5.97 Å². The van der Waals surface area contributed by atoms with Crippen molar-refractivity contribution in [2.75, 3.05) is 0 Å². The molecule has 0 radical (unpaired) electrons. The molecule has 2 heterocycles. The Labute approximate surface area is 126 Å². The molecule has 1 unspecified atom stereocenters. The van der Waals surface area contributed by atoms with E-state index >= 15 is 0 Å². The average Bonchev–Trinajstić information content (AvgIpc) is 3.00. The standard InChI is InChI=1S/C15H14N2O3S/c1-10(13-3-2-8-21-13)17-15(20)12-6-4-11(9-16-12)5-7-14(18)19/h2-10H,1H3,(H,17,20)(H,18,19). The molecular formula is C15H14N2O3S. The van der Waals surface area contributed by atoms with Crippen molar-refractivity contribution in [3.05, 3.63) is 58.1 Å². The Kier molecular flexibility index (Phi) is 4.84. The first-order chi connectivity index (χ1) is 10.1. The maximum Gasteiger partial charge on any atom is 0.328 e. The smallest absolute Gasteiger partial charge is 0.328 e. The molecule has 2 rings (SSSR count). The first-order valence-corrected chi connectivity index (χ1v) is 7.15. The quantitative estimate of drug-likeness (QED) is 0.832. The number of aromatic nitrogens is 1. The van der Waals surface area contributed by atoms with Gasteiger partial charge in [-0.1, -0.05) is 12.1 Å². The molecule has 5 nitrogen and oxygen atoms in total. The SMILES string of the molecule is CC(NC(=O)c1ccc(C=CC(=O)O)cn1)c1cccs1. The third-order valence-corrected chi connectivity index (χ3v) is 3.81. The topological polar surface area (TPSA) is 79.3 Å². The molecule has 1 amide bonds. The summed E-state index contributed by atoms with van der Waals surface area (Å²) in [6, 6.07) is 7.04. The maximum absolute atomic E-state index is 12.0. The fourth-order valence-electron chi connectivity index (χ4n) is 1.69. The summed E-state index contributed by atoms with van der Waals surface area (Å²) in [6.45, 7) is 1.91. The highest BCUT2D eigenvalue weighted by Crippen LogP contribution is 2.18. The molecule has 0 aliphatic heterocycles. The molecule has 2 aromatic rings. The van der Waals surface area contributed by atoms with Crippen LogP contribution >= 0.6 is 11.3 Å². The van der Waals surface area contributed by atoms with Gasteiger partial charge in [-0.15, -0.1) is 11.3 Å². The van der Waals surface area contributed by atoms with Crippen molar-refractivity contribution >= 4 is 29.3 Å². The van der Waals surface area contributed by atoms with Crippen LogP contribution in [0.2, 0.25) is 0 Å². The van der Waals surface area contributed by atoms with Crippen molar-refractivity contribution in [3.8, 4) is 0 Å². The van der Waals surface area contributed by atoms with Crippen LogP contribution in [0.4, 0.5) is 0 Å². The van der Waals surface area contributed by atoms with Crippen LogP contribution in [-0.4, -0.2) is 22.0 Å². The van der Waals surface area contributed by atoms with Crippen molar-refractivity contribution in [1.82, 2.24) is 10.3 Å². The predicted octanol–water partition coefficient (Wildman–Crippen LogP) is 2.73. The molecule has 0 saturated carbocycles. The van der Waals surface area contributed by atoms with Crippen LogP contribution in [0.15, 0.2) is 41.9 Å². The van der Waals surface area contributed by atoms with E-state index in [1.54, 1.807) is 23.5 Å². The van der Waals surface area contributed by atoms with Gasteiger partial charge in [0.1, 0.15) is 5.69 Å². The average molecular weight is 302 g/mol. The second kappa shape index (κ2) is 6.81. The first-order valence-electron chi connectivity index (χ1n) is 6.27. The maximum atomic E-state index is 12.0. The lowest BCUT2D eigenvalue weighted by atomic mass is 10.2. The summed E-state index contributed by atoms with van der Waals surface area (Å²) in [6.07, 6.45) is 3.91. The number of nitrogens with zero attached hydrogens (tertiary/aromatic N) is 1. The van der Waals surface area contributed by atoms with Gasteiger partial charge in [0.05, 0.1) is 6.04 Å². The van der Waals surface area contributed by atoms with Gasteiger partial charge >= 0.3 is 5.97 Å². The molecule has 2 aromatic heterocycles. The summed E-state index contributed by atoms with van der Waals surface area (Å²) in [4.78, 5) is 27.6. The number of aliphatic carboxylic acids is 1. The van der Waals surface area contributed by atoms with Gasteiger partial charge in [-0.25, -0.2) is 4.79 Å². The van der Waals surface area contributed by atoms with E-state index in [2.05, 4.69) is 10.3 Å². The number of carbonyl (C=O) groups excluding carboxylic acids is 1. The van der Waals surface area contributed by atoms with Gasteiger partial charge < -0.3 is 10.4 Å². The number of hydrogen-bond acceptors (Lipinski definition) is 4. The zero-order chi connectivity index (χ0) is 15.2. The van der Waals surface area contributed by atoms with Gasteiger partial charge in [0, 0.05) is 17.2 Å². The van der Waals surface area contributed by atoms with Crippen LogP contribution in [0, 0.1) is 0 Å². The van der Waals surface area contributed by atoms with Gasteiger partial charge in [0.25, 0.3) is 5.91 Å². The fourth-order valence-corrected chi connectivity index (χ4v) is 2.42. The third kappa shape index (κ3) is 4.25. The van der Waals surface area contributed by atoms with Crippen molar-refractivity contribution < 1.29 is 14.7 Å². The van der Waals surface area contributed by atoms with E-state index in [0.717, 1.165) is 11.0 Å². The van der Waals surface area contributed by atoms with Crippen molar-refractivity contribution in [1.29, 1.82) is 0 Å². The van der Waals surface area contributed by atoms with Crippen LogP contribution in [-0.2, 0) is 4.79 Å². The minimum atomic E-state index is -1.03. The Morgan fingerprint density at radius 2 is 2.19 bits per heavy atom. The number of amides is 1. The van der Waals surface area contributed by atoms with E-state index in [4.69, 9.17) is 5.11 Å². The molecule has 0 aliphatic rings. The molecule has 0 bridgehead atoms. The van der Waals surface area contributed by atoms with E-state index in [-0.39, 0.29) is 11.9 Å². The lowest BCUT2D eigenvalue weighted by Gasteiger charge is -2.11. The zero-order valence-electron chi connectivity index (χ0n) is 11.3. The predicted molar refractivity (Wildman–Crippen MR) is 81.1 cm³/mol. The second-order valence-corrected chi connectivity index (χ2v) is 5.34. The molecule has 6 heteroatoms. The first kappa shape index (κ1) is 14.9. The van der Waals surface area contributed by atoms with Gasteiger partial charge in [-0.05, 0) is 36.1 Å². The summed E-state index contributed by atoms with van der Waals surface area (Å²) >= 11 is 1.58. The zero-order valence-corrected chi connectivity index (χ0v) is 12.1. The minimum Gasteiger partial charge on any atom is -0.478 e. The third-order valence-electron chi connectivity index (χ3n) is 2.75. The Hall–Kier alpha value is -2.47. The van der Waals surface area contributed by atoms with Gasteiger partial charge in [-0.2, -0.15) is 0 Å². The Balaban J connectivity index is 2.01. The number of carboxylic acids is 1. The summed E-state index contributed by atoms with van der Waals surface area (Å²) in [5.74, 6) is -1.29. The lowest BCUT2D eigenvalue weighted by molar-refractivity contribution is -0.131. The highest BCUT2D eigenvalue weighted by molar-refractivity contribution is 7.10. The van der Waals surface area contributed by atoms with E-state index in [0.29, 0.717) is 11.3 Å². The Morgan fingerprint density at radius 1 is 1.38 bits per heavy atom. The van der Waals surface area contributed by atoms with Crippen molar-refractivity contribution in [2.24, 2.45) is 0 Å². The number of carbonyl (C=O) groups is 2. The van der Waals surface area contributed by atoms with Crippen LogP contribution in [0.5, 0.6) is 0 Å². The van der Waals surface area contributed by atoms with Gasteiger partial charge in [0.15, 0.2) is 0 Å². The normalized spacial score (nSPS) is 12.2. The largest absolute Gasteiger partial charge is 0.478 e. The Bertz CT molecular complexity index is 648. The highest BCUT2D eigenvalue weighted by atomic mass is 32.1. The molecular weight excluding hydrogens is 288 g/mol. The molecule has 2 N–H and O–H groups in total. The number of pyridine rings is 1. The summed E-state index contributed by atoms with van der Waals surface area (Å²) in [7, 11) is 0. The van der Waals surface area contributed by atoms with Gasteiger partial charge in [-0.3, -0.25) is 9.78 Å². The molecule has 1 atom stereocenters. The minimum absolute atomic E-state index is 0.0779. The second-order valence-electron chi connectivity index (χ2n) is 4.36. The van der Waals surface area contributed by atoms with Crippen molar-refractivity contribution in [3.63, 3.8) is 0 Å².